The molecule has 1 atom stereocenters. The van der Waals surface area contributed by atoms with Crippen molar-refractivity contribution in [3.05, 3.63) is 36.0 Å². The van der Waals surface area contributed by atoms with Crippen LogP contribution in [0.2, 0.25) is 0 Å². The Balaban J connectivity index is 1.43. The average molecular weight is 481 g/mol. The van der Waals surface area contributed by atoms with Gasteiger partial charge in [-0.25, -0.2) is 4.79 Å². The lowest BCUT2D eigenvalue weighted by atomic mass is 10.0. The number of ether oxygens (including phenoxy) is 2. The Morgan fingerprint density at radius 3 is 2.71 bits per heavy atom. The zero-order chi connectivity index (χ0) is 25.1. The maximum Gasteiger partial charge on any atom is 0.410 e. The van der Waals surface area contributed by atoms with Gasteiger partial charge in [-0.1, -0.05) is 30.0 Å². The number of hydrogen-bond donors (Lipinski definition) is 1. The Morgan fingerprint density at radius 2 is 1.94 bits per heavy atom. The first-order chi connectivity index (χ1) is 16.6. The molecule has 4 rings (SSSR count). The minimum Gasteiger partial charge on any atom is -0.444 e. The Labute approximate surface area is 209 Å². The fraction of sp³-hybridized carbons (Fsp3) is 0.607. The quantitative estimate of drug-likeness (QED) is 0.676. The van der Waals surface area contributed by atoms with E-state index in [1.165, 1.54) is 10.9 Å². The van der Waals surface area contributed by atoms with Gasteiger partial charge in [-0.05, 0) is 52.7 Å². The largest absolute Gasteiger partial charge is 0.444 e. The molecule has 0 aliphatic carbocycles. The highest BCUT2D eigenvalue weighted by Crippen LogP contribution is 2.24. The number of aromatic amines is 1. The molecule has 0 saturated carbocycles. The van der Waals surface area contributed by atoms with Gasteiger partial charge in [-0.15, -0.1) is 0 Å². The first-order valence-corrected chi connectivity index (χ1v) is 12.7. The summed E-state index contributed by atoms with van der Waals surface area (Å²) in [6.45, 7) is 16.3. The molecule has 1 aromatic carbocycles. The van der Waals surface area contributed by atoms with Gasteiger partial charge in [-0.2, -0.15) is 0 Å². The van der Waals surface area contributed by atoms with E-state index in [0.29, 0.717) is 13.1 Å². The van der Waals surface area contributed by atoms with Crippen molar-refractivity contribution in [1.82, 2.24) is 19.7 Å². The van der Waals surface area contributed by atoms with Crippen molar-refractivity contribution in [3.63, 3.8) is 0 Å². The smallest absolute Gasteiger partial charge is 0.410 e. The summed E-state index contributed by atoms with van der Waals surface area (Å²) in [5.74, 6) is 6.76. The molecule has 0 spiro atoms. The SMILES string of the molecule is CC(C)(C)OC(=O)N1CCN(CC#CCN2CCOCC2(C)C)C[C@H]1Cc1c[nH]c2ccccc12. The highest BCUT2D eigenvalue weighted by atomic mass is 16.6. The van der Waals surface area contributed by atoms with Crippen molar-refractivity contribution in [2.75, 3.05) is 52.5 Å². The number of para-hydroxylation sites is 1. The van der Waals surface area contributed by atoms with Gasteiger partial charge in [-0.3, -0.25) is 9.80 Å². The first kappa shape index (κ1) is 25.6. The van der Waals surface area contributed by atoms with Crippen LogP contribution in [0.3, 0.4) is 0 Å². The van der Waals surface area contributed by atoms with Gasteiger partial charge < -0.3 is 19.4 Å². The monoisotopic (exact) mass is 480 g/mol. The normalized spacial score (nSPS) is 21.5. The van der Waals surface area contributed by atoms with Crippen molar-refractivity contribution in [3.8, 4) is 11.8 Å². The Morgan fingerprint density at radius 1 is 1.17 bits per heavy atom. The average Bonchev–Trinajstić information content (AvgIpc) is 3.19. The maximum absolute atomic E-state index is 13.1. The Bertz CT molecular complexity index is 1080. The van der Waals surface area contributed by atoms with E-state index in [1.807, 2.05) is 31.7 Å². The van der Waals surface area contributed by atoms with E-state index in [2.05, 4.69) is 64.9 Å². The van der Waals surface area contributed by atoms with Crippen molar-refractivity contribution >= 4 is 17.0 Å². The van der Waals surface area contributed by atoms with Crippen molar-refractivity contribution < 1.29 is 14.3 Å². The van der Waals surface area contributed by atoms with Crippen LogP contribution in [0.15, 0.2) is 30.5 Å². The molecule has 0 bridgehead atoms. The second kappa shape index (κ2) is 10.6. The predicted octanol–water partition coefficient (Wildman–Crippen LogP) is 3.75. The second-order valence-electron chi connectivity index (χ2n) is 11.3. The third-order valence-corrected chi connectivity index (χ3v) is 6.84. The number of benzene rings is 1. The van der Waals surface area contributed by atoms with E-state index in [9.17, 15) is 4.79 Å². The summed E-state index contributed by atoms with van der Waals surface area (Å²) >= 11 is 0. The number of amides is 1. The molecule has 7 nitrogen and oxygen atoms in total. The molecule has 2 aliphatic rings. The molecule has 3 heterocycles. The first-order valence-electron chi connectivity index (χ1n) is 12.7. The number of hydrogen-bond acceptors (Lipinski definition) is 5. The van der Waals surface area contributed by atoms with Gasteiger partial charge in [0.2, 0.25) is 0 Å². The van der Waals surface area contributed by atoms with Crippen LogP contribution in [0.4, 0.5) is 4.79 Å². The van der Waals surface area contributed by atoms with Gasteiger partial charge in [0.05, 0.1) is 32.3 Å². The Hall–Kier alpha value is -2.53. The summed E-state index contributed by atoms with van der Waals surface area (Å²) in [6, 6.07) is 8.34. The van der Waals surface area contributed by atoms with Crippen molar-refractivity contribution in [2.24, 2.45) is 0 Å². The van der Waals surface area contributed by atoms with E-state index >= 15 is 0 Å². The van der Waals surface area contributed by atoms with E-state index in [4.69, 9.17) is 9.47 Å². The molecule has 2 saturated heterocycles. The van der Waals surface area contributed by atoms with E-state index in [1.54, 1.807) is 0 Å². The lowest BCUT2D eigenvalue weighted by Crippen LogP contribution is -2.56. The number of nitrogens with zero attached hydrogens (tertiary/aromatic N) is 3. The van der Waals surface area contributed by atoms with Gasteiger partial charge in [0.15, 0.2) is 0 Å². The number of morpholine rings is 1. The molecule has 0 unspecified atom stereocenters. The second-order valence-corrected chi connectivity index (χ2v) is 11.3. The molecule has 190 valence electrons. The fourth-order valence-corrected chi connectivity index (χ4v) is 4.86. The van der Waals surface area contributed by atoms with E-state index in [-0.39, 0.29) is 17.7 Å². The van der Waals surface area contributed by atoms with Crippen LogP contribution in [0.25, 0.3) is 10.9 Å². The number of fused-ring (bicyclic) bond motifs is 1. The summed E-state index contributed by atoms with van der Waals surface area (Å²) in [5, 5.41) is 1.21. The molecule has 1 N–H and O–H groups in total. The molecule has 2 aromatic rings. The third-order valence-electron chi connectivity index (χ3n) is 6.84. The molecule has 2 aliphatic heterocycles. The zero-order valence-electron chi connectivity index (χ0n) is 21.9. The highest BCUT2D eigenvalue weighted by Gasteiger charge is 2.34. The predicted molar refractivity (Wildman–Crippen MR) is 139 cm³/mol. The summed E-state index contributed by atoms with van der Waals surface area (Å²) < 4.78 is 11.4. The van der Waals surface area contributed by atoms with Crippen LogP contribution in [-0.2, 0) is 15.9 Å². The topological polar surface area (TPSA) is 61.0 Å². The van der Waals surface area contributed by atoms with E-state index < -0.39 is 5.60 Å². The number of nitrogens with one attached hydrogen (secondary N) is 1. The van der Waals surface area contributed by atoms with Crippen LogP contribution in [-0.4, -0.2) is 95.4 Å². The fourth-order valence-electron chi connectivity index (χ4n) is 4.86. The minimum atomic E-state index is -0.516. The molecule has 1 amide bonds. The number of carbonyl (C=O) groups is 1. The summed E-state index contributed by atoms with van der Waals surface area (Å²) in [6.07, 6.45) is 2.61. The standard InChI is InChI=1S/C28H40N4O3/c1-27(2,3)35-26(33)32-15-14-30(12-8-9-13-31-16-17-34-21-28(31,4)5)20-23(32)18-22-19-29-25-11-7-6-10-24(22)25/h6-7,10-11,19,23,29H,12-18,20-21H2,1-5H3/t23-/m1/s1. The molecular formula is C28H40N4O3. The highest BCUT2D eigenvalue weighted by molar-refractivity contribution is 5.83. The number of piperazine rings is 1. The maximum atomic E-state index is 13.1. The number of aromatic nitrogens is 1. The summed E-state index contributed by atoms with van der Waals surface area (Å²) in [7, 11) is 0. The number of carbonyl (C=O) groups excluding carboxylic acids is 1. The third kappa shape index (κ3) is 6.58. The van der Waals surface area contributed by atoms with Gasteiger partial charge in [0, 0.05) is 48.8 Å². The van der Waals surface area contributed by atoms with Gasteiger partial charge in [0.25, 0.3) is 0 Å². The van der Waals surface area contributed by atoms with Gasteiger partial charge >= 0.3 is 6.09 Å². The molecule has 35 heavy (non-hydrogen) atoms. The lowest BCUT2D eigenvalue weighted by molar-refractivity contribution is -0.0440. The van der Waals surface area contributed by atoms with E-state index in [0.717, 1.165) is 51.3 Å². The van der Waals surface area contributed by atoms with Crippen molar-refractivity contribution in [2.45, 2.75) is 58.2 Å². The van der Waals surface area contributed by atoms with Crippen molar-refractivity contribution in [1.29, 1.82) is 0 Å². The van der Waals surface area contributed by atoms with Crippen LogP contribution in [0, 0.1) is 11.8 Å². The molecule has 7 heteroatoms. The number of rotatable bonds is 4. The molecule has 2 fully saturated rings. The van der Waals surface area contributed by atoms with Crippen LogP contribution >= 0.6 is 0 Å². The van der Waals surface area contributed by atoms with Crippen LogP contribution in [0.1, 0.15) is 40.2 Å². The summed E-state index contributed by atoms with van der Waals surface area (Å²) in [5.41, 5.74) is 1.85. The zero-order valence-corrected chi connectivity index (χ0v) is 21.9. The minimum absolute atomic E-state index is 0.0242. The van der Waals surface area contributed by atoms with Gasteiger partial charge in [0.1, 0.15) is 5.60 Å². The summed E-state index contributed by atoms with van der Waals surface area (Å²) in [4.78, 5) is 23.1. The van der Waals surface area contributed by atoms with Crippen LogP contribution in [0.5, 0.6) is 0 Å². The number of H-pyrrole nitrogens is 1. The molecule has 1 aromatic heterocycles. The Kier molecular flexibility index (Phi) is 7.75. The molecular weight excluding hydrogens is 440 g/mol. The molecule has 0 radical (unpaired) electrons. The van der Waals surface area contributed by atoms with Crippen LogP contribution < -0.4 is 0 Å². The lowest BCUT2D eigenvalue weighted by Gasteiger charge is -2.41.